The minimum Gasteiger partial charge on any atom is -0.499 e. The summed E-state index contributed by atoms with van der Waals surface area (Å²) in [5.74, 6) is 0. The molecule has 0 unspecified atom stereocenters. The fourth-order valence-electron chi connectivity index (χ4n) is 2.22. The number of aliphatic hydroxyl groups excluding tert-OH is 3. The Hall–Kier alpha value is -0.620. The maximum absolute atomic E-state index is 9.78. The lowest BCUT2D eigenvalue weighted by atomic mass is 10.1. The molecule has 1 fully saturated rings. The Morgan fingerprint density at radius 3 is 2.65 bits per heavy atom. The molecule has 0 saturated carbocycles. The number of hydrogen-bond donors (Lipinski definition) is 3. The number of unbranched alkanes of at least 4 members (excludes halogenated alkanes) is 5. The number of rotatable bonds is 10. The van der Waals surface area contributed by atoms with Crippen LogP contribution in [0.5, 0.6) is 0 Å². The van der Waals surface area contributed by atoms with Crippen molar-refractivity contribution in [3.05, 3.63) is 12.3 Å². The summed E-state index contributed by atoms with van der Waals surface area (Å²) >= 11 is 0. The first-order valence-corrected chi connectivity index (χ1v) is 7.59. The molecule has 0 amide bonds. The highest BCUT2D eigenvalue weighted by Gasteiger charge is 2.39. The van der Waals surface area contributed by atoms with Gasteiger partial charge in [-0.3, -0.25) is 0 Å². The first kappa shape index (κ1) is 17.4. The molecule has 1 saturated heterocycles. The standard InChI is InChI=1S/C15H28O5/c1-2-3-4-5-6-7-8-9-19-10-13(17)15-14(18)12(16)11-20-15/h8-9,12-18H,2-7,10-11H2,1H3/b9-8+/t12-,13+,14-,15-/m0/s1. The fraction of sp³-hybridized carbons (Fsp3) is 0.867. The molecular formula is C15H28O5. The minimum absolute atomic E-state index is 0.0521. The van der Waals surface area contributed by atoms with Crippen molar-refractivity contribution in [2.45, 2.75) is 69.9 Å². The van der Waals surface area contributed by atoms with E-state index in [2.05, 4.69) is 6.92 Å². The molecule has 0 spiro atoms. The van der Waals surface area contributed by atoms with Gasteiger partial charge in [-0.1, -0.05) is 32.6 Å². The Kier molecular flexibility index (Phi) is 8.85. The van der Waals surface area contributed by atoms with Gasteiger partial charge in [-0.25, -0.2) is 0 Å². The summed E-state index contributed by atoms with van der Waals surface area (Å²) in [6.07, 6.45) is 7.04. The molecule has 5 heteroatoms. The second-order valence-corrected chi connectivity index (χ2v) is 5.33. The van der Waals surface area contributed by atoms with E-state index in [1.54, 1.807) is 6.26 Å². The van der Waals surface area contributed by atoms with E-state index in [9.17, 15) is 15.3 Å². The van der Waals surface area contributed by atoms with Crippen LogP contribution in [-0.2, 0) is 9.47 Å². The van der Waals surface area contributed by atoms with Crippen LogP contribution in [0.2, 0.25) is 0 Å². The zero-order valence-corrected chi connectivity index (χ0v) is 12.3. The van der Waals surface area contributed by atoms with Gasteiger partial charge in [0.1, 0.15) is 31.0 Å². The molecule has 0 radical (unpaired) electrons. The highest BCUT2D eigenvalue weighted by Crippen LogP contribution is 2.17. The van der Waals surface area contributed by atoms with Crippen molar-refractivity contribution in [2.24, 2.45) is 0 Å². The molecule has 1 aliphatic heterocycles. The van der Waals surface area contributed by atoms with E-state index in [-0.39, 0.29) is 13.2 Å². The van der Waals surface area contributed by atoms with Crippen LogP contribution in [0.25, 0.3) is 0 Å². The summed E-state index contributed by atoms with van der Waals surface area (Å²) in [6, 6.07) is 0. The monoisotopic (exact) mass is 288 g/mol. The van der Waals surface area contributed by atoms with Crippen LogP contribution in [0, 0.1) is 0 Å². The molecular weight excluding hydrogens is 260 g/mol. The summed E-state index contributed by atoms with van der Waals surface area (Å²) in [5, 5.41) is 28.7. The van der Waals surface area contributed by atoms with E-state index in [1.165, 1.54) is 25.7 Å². The van der Waals surface area contributed by atoms with Gasteiger partial charge < -0.3 is 24.8 Å². The van der Waals surface area contributed by atoms with Gasteiger partial charge in [0.05, 0.1) is 12.9 Å². The third-order valence-electron chi connectivity index (χ3n) is 3.50. The number of aliphatic hydroxyl groups is 3. The largest absolute Gasteiger partial charge is 0.499 e. The van der Waals surface area contributed by atoms with E-state index >= 15 is 0 Å². The molecule has 118 valence electrons. The molecule has 0 aromatic heterocycles. The lowest BCUT2D eigenvalue weighted by Gasteiger charge is -2.20. The van der Waals surface area contributed by atoms with Crippen molar-refractivity contribution >= 4 is 0 Å². The first-order valence-electron chi connectivity index (χ1n) is 7.59. The smallest absolute Gasteiger partial charge is 0.117 e. The van der Waals surface area contributed by atoms with Crippen LogP contribution < -0.4 is 0 Å². The Morgan fingerprint density at radius 1 is 1.25 bits per heavy atom. The van der Waals surface area contributed by atoms with Gasteiger partial charge in [0.2, 0.25) is 0 Å². The SMILES string of the molecule is CCCCCCC/C=C/OC[C@@H](O)[C@@H]1OC[C@H](O)[C@@H]1O. The summed E-state index contributed by atoms with van der Waals surface area (Å²) in [6.45, 7) is 2.31. The normalized spacial score (nSPS) is 28.1. The molecule has 0 aromatic carbocycles. The highest BCUT2D eigenvalue weighted by atomic mass is 16.5. The highest BCUT2D eigenvalue weighted by molar-refractivity contribution is 4.88. The van der Waals surface area contributed by atoms with E-state index in [0.717, 1.165) is 12.8 Å². The molecule has 0 aliphatic carbocycles. The molecule has 4 atom stereocenters. The maximum atomic E-state index is 9.78. The molecule has 0 bridgehead atoms. The predicted octanol–water partition coefficient (Wildman–Crippen LogP) is 1.36. The first-order chi connectivity index (χ1) is 9.66. The van der Waals surface area contributed by atoms with Crippen LogP contribution >= 0.6 is 0 Å². The van der Waals surface area contributed by atoms with Gasteiger partial charge in [0.15, 0.2) is 0 Å². The minimum atomic E-state index is -1.05. The maximum Gasteiger partial charge on any atom is 0.117 e. The number of allylic oxidation sites excluding steroid dienone is 1. The molecule has 0 aromatic rings. The Labute approximate surface area is 121 Å². The van der Waals surface area contributed by atoms with Crippen LogP contribution in [0.15, 0.2) is 12.3 Å². The van der Waals surface area contributed by atoms with Crippen LogP contribution in [0.4, 0.5) is 0 Å². The average molecular weight is 288 g/mol. The van der Waals surface area contributed by atoms with Crippen molar-refractivity contribution in [1.29, 1.82) is 0 Å². The van der Waals surface area contributed by atoms with E-state index in [4.69, 9.17) is 9.47 Å². The van der Waals surface area contributed by atoms with E-state index in [1.807, 2.05) is 6.08 Å². The summed E-state index contributed by atoms with van der Waals surface area (Å²) in [7, 11) is 0. The fourth-order valence-corrected chi connectivity index (χ4v) is 2.22. The van der Waals surface area contributed by atoms with Gasteiger partial charge in [0, 0.05) is 0 Å². The molecule has 1 heterocycles. The Balaban J connectivity index is 2.03. The van der Waals surface area contributed by atoms with Crippen molar-refractivity contribution < 1.29 is 24.8 Å². The second-order valence-electron chi connectivity index (χ2n) is 5.33. The van der Waals surface area contributed by atoms with Crippen molar-refractivity contribution in [3.8, 4) is 0 Å². The molecule has 1 aliphatic rings. The van der Waals surface area contributed by atoms with Crippen LogP contribution in [0.1, 0.15) is 45.4 Å². The van der Waals surface area contributed by atoms with Gasteiger partial charge in [-0.2, -0.15) is 0 Å². The van der Waals surface area contributed by atoms with Crippen molar-refractivity contribution in [2.75, 3.05) is 13.2 Å². The number of ether oxygens (including phenoxy) is 2. The van der Waals surface area contributed by atoms with Gasteiger partial charge in [-0.15, -0.1) is 0 Å². The van der Waals surface area contributed by atoms with Crippen LogP contribution in [-0.4, -0.2) is 52.9 Å². The molecule has 20 heavy (non-hydrogen) atoms. The van der Waals surface area contributed by atoms with Gasteiger partial charge >= 0.3 is 0 Å². The van der Waals surface area contributed by atoms with Gasteiger partial charge in [-0.05, 0) is 18.9 Å². The average Bonchev–Trinajstić information content (AvgIpc) is 2.77. The Morgan fingerprint density at radius 2 is 2.00 bits per heavy atom. The predicted molar refractivity (Wildman–Crippen MR) is 76.2 cm³/mol. The number of hydrogen-bond acceptors (Lipinski definition) is 5. The summed E-state index contributed by atoms with van der Waals surface area (Å²) in [5.41, 5.74) is 0. The summed E-state index contributed by atoms with van der Waals surface area (Å²) in [4.78, 5) is 0. The van der Waals surface area contributed by atoms with Crippen molar-refractivity contribution in [3.63, 3.8) is 0 Å². The van der Waals surface area contributed by atoms with E-state index in [0.29, 0.717) is 0 Å². The lowest BCUT2D eigenvalue weighted by Crippen LogP contribution is -2.40. The van der Waals surface area contributed by atoms with E-state index < -0.39 is 24.4 Å². The van der Waals surface area contributed by atoms with Crippen LogP contribution in [0.3, 0.4) is 0 Å². The second kappa shape index (κ2) is 10.2. The topological polar surface area (TPSA) is 79.2 Å². The quantitative estimate of drug-likeness (QED) is 0.418. The summed E-state index contributed by atoms with van der Waals surface area (Å²) < 4.78 is 10.3. The third kappa shape index (κ3) is 6.22. The molecule has 5 nitrogen and oxygen atoms in total. The molecule has 3 N–H and O–H groups in total. The third-order valence-corrected chi connectivity index (χ3v) is 3.50. The Bertz CT molecular complexity index is 269. The zero-order valence-electron chi connectivity index (χ0n) is 12.3. The molecule has 1 rings (SSSR count). The van der Waals surface area contributed by atoms with Gasteiger partial charge in [0.25, 0.3) is 0 Å². The zero-order chi connectivity index (χ0) is 14.8. The lowest BCUT2D eigenvalue weighted by molar-refractivity contribution is -0.0703. The van der Waals surface area contributed by atoms with Crippen molar-refractivity contribution in [1.82, 2.24) is 0 Å².